The molecular weight excluding hydrogens is 454 g/mol. The highest BCUT2D eigenvalue weighted by Gasteiger charge is 2.26. The maximum atomic E-state index is 13.8. The van der Waals surface area contributed by atoms with Crippen LogP contribution >= 0.6 is 11.8 Å². The molecule has 0 spiro atoms. The van der Waals surface area contributed by atoms with Crippen LogP contribution in [0.4, 0.5) is 0 Å². The van der Waals surface area contributed by atoms with Crippen LogP contribution in [0.5, 0.6) is 0 Å². The summed E-state index contributed by atoms with van der Waals surface area (Å²) < 4.78 is 28.8. The molecule has 1 aromatic heterocycles. The number of benzene rings is 3. The normalized spacial score (nSPS) is 15.4. The summed E-state index contributed by atoms with van der Waals surface area (Å²) in [4.78, 5) is 19.4. The van der Waals surface area contributed by atoms with Gasteiger partial charge < -0.3 is 4.90 Å². The number of hydrogen-bond acceptors (Lipinski definition) is 5. The molecule has 0 atom stereocenters. The van der Waals surface area contributed by atoms with Gasteiger partial charge in [0.15, 0.2) is 5.16 Å². The fraction of sp³-hybridized carbons (Fsp3) is 0.280. The zero-order valence-electron chi connectivity index (χ0n) is 18.3. The van der Waals surface area contributed by atoms with Crippen LogP contribution in [0.15, 0.2) is 76.8 Å². The van der Waals surface area contributed by atoms with E-state index in [0.717, 1.165) is 36.7 Å². The predicted molar refractivity (Wildman–Crippen MR) is 132 cm³/mol. The molecule has 0 radical (unpaired) electrons. The minimum absolute atomic E-state index is 0.0219. The van der Waals surface area contributed by atoms with Crippen LogP contribution in [0.3, 0.4) is 0 Å². The molecule has 8 heteroatoms. The second-order valence-electron chi connectivity index (χ2n) is 8.51. The van der Waals surface area contributed by atoms with Gasteiger partial charge in [-0.2, -0.15) is 0 Å². The molecule has 3 aromatic carbocycles. The van der Waals surface area contributed by atoms with Gasteiger partial charge in [-0.1, -0.05) is 61.2 Å². The van der Waals surface area contributed by atoms with E-state index in [9.17, 15) is 13.2 Å². The molecule has 170 valence electrons. The molecule has 1 saturated heterocycles. The van der Waals surface area contributed by atoms with E-state index >= 15 is 0 Å². The second kappa shape index (κ2) is 8.83. The van der Waals surface area contributed by atoms with E-state index in [2.05, 4.69) is 11.9 Å². The van der Waals surface area contributed by atoms with Crippen molar-refractivity contribution in [2.45, 2.75) is 29.8 Å². The number of imidazole rings is 1. The average Bonchev–Trinajstić information content (AvgIpc) is 3.22. The summed E-state index contributed by atoms with van der Waals surface area (Å²) in [7, 11) is -3.92. The van der Waals surface area contributed by atoms with Crippen LogP contribution in [0.1, 0.15) is 19.8 Å². The number of thioether (sulfide) groups is 1. The molecule has 1 aliphatic heterocycles. The molecule has 0 N–H and O–H groups in total. The summed E-state index contributed by atoms with van der Waals surface area (Å²) in [5.74, 6) is 0.817. The Kier molecular flexibility index (Phi) is 5.88. The number of rotatable bonds is 5. The van der Waals surface area contributed by atoms with Gasteiger partial charge >= 0.3 is 0 Å². The first-order valence-electron chi connectivity index (χ1n) is 11.1. The van der Waals surface area contributed by atoms with Gasteiger partial charge in [-0.3, -0.25) is 4.79 Å². The molecule has 0 aliphatic carbocycles. The maximum Gasteiger partial charge on any atom is 0.270 e. The third-order valence-corrected chi connectivity index (χ3v) is 8.95. The fourth-order valence-electron chi connectivity index (χ4n) is 4.21. The lowest BCUT2D eigenvalue weighted by molar-refractivity contribution is -0.129. The molecule has 1 fully saturated rings. The summed E-state index contributed by atoms with van der Waals surface area (Å²) in [5.41, 5.74) is 1.09. The van der Waals surface area contributed by atoms with Gasteiger partial charge in [0.2, 0.25) is 5.91 Å². The molecule has 1 aliphatic rings. The highest BCUT2D eigenvalue weighted by molar-refractivity contribution is 8.00. The number of hydrogen-bond donors (Lipinski definition) is 0. The van der Waals surface area contributed by atoms with Crippen molar-refractivity contribution in [3.8, 4) is 0 Å². The summed E-state index contributed by atoms with van der Waals surface area (Å²) in [5, 5.41) is 2.14. The number of aromatic nitrogens is 2. The topological polar surface area (TPSA) is 72.3 Å². The Morgan fingerprint density at radius 1 is 1.00 bits per heavy atom. The highest BCUT2D eigenvalue weighted by Crippen LogP contribution is 2.30. The molecule has 0 unspecified atom stereocenters. The van der Waals surface area contributed by atoms with Crippen molar-refractivity contribution in [2.75, 3.05) is 18.8 Å². The number of carbonyl (C=O) groups excluding carboxylic acids is 1. The number of piperidine rings is 1. The van der Waals surface area contributed by atoms with Crippen molar-refractivity contribution in [1.29, 1.82) is 0 Å². The average molecular weight is 480 g/mol. The Morgan fingerprint density at radius 3 is 2.48 bits per heavy atom. The van der Waals surface area contributed by atoms with Gasteiger partial charge in [0.05, 0.1) is 21.7 Å². The van der Waals surface area contributed by atoms with Crippen LogP contribution in [0, 0.1) is 5.92 Å². The number of nitrogens with zero attached hydrogens (tertiary/aromatic N) is 3. The van der Waals surface area contributed by atoms with E-state index in [4.69, 9.17) is 0 Å². The summed E-state index contributed by atoms with van der Waals surface area (Å²) in [6, 6.07) is 20.0. The van der Waals surface area contributed by atoms with Crippen LogP contribution in [0.2, 0.25) is 0 Å². The second-order valence-corrected chi connectivity index (χ2v) is 11.2. The Labute approximate surface area is 197 Å². The number of amides is 1. The van der Waals surface area contributed by atoms with Crippen molar-refractivity contribution < 1.29 is 13.2 Å². The monoisotopic (exact) mass is 479 g/mol. The van der Waals surface area contributed by atoms with Crippen LogP contribution in [-0.4, -0.2) is 47.0 Å². The van der Waals surface area contributed by atoms with Gasteiger partial charge in [-0.05, 0) is 53.8 Å². The van der Waals surface area contributed by atoms with E-state index < -0.39 is 10.0 Å². The van der Waals surface area contributed by atoms with Crippen LogP contribution in [-0.2, 0) is 14.8 Å². The number of carbonyl (C=O) groups is 1. The lowest BCUT2D eigenvalue weighted by Crippen LogP contribution is -2.39. The Morgan fingerprint density at radius 2 is 1.70 bits per heavy atom. The molecule has 0 saturated carbocycles. The zero-order chi connectivity index (χ0) is 23.0. The lowest BCUT2D eigenvalue weighted by Gasteiger charge is -2.30. The smallest absolute Gasteiger partial charge is 0.270 e. The molecule has 2 heterocycles. The van der Waals surface area contributed by atoms with Crippen molar-refractivity contribution in [2.24, 2.45) is 5.92 Å². The van der Waals surface area contributed by atoms with Crippen LogP contribution in [0.25, 0.3) is 21.8 Å². The van der Waals surface area contributed by atoms with Gasteiger partial charge in [-0.15, -0.1) is 0 Å². The van der Waals surface area contributed by atoms with Gasteiger partial charge in [0, 0.05) is 13.1 Å². The summed E-state index contributed by atoms with van der Waals surface area (Å²) in [6.45, 7) is 3.72. The van der Waals surface area contributed by atoms with E-state index in [1.807, 2.05) is 41.3 Å². The largest absolute Gasteiger partial charge is 0.342 e. The zero-order valence-corrected chi connectivity index (χ0v) is 20.0. The molecule has 1 amide bonds. The van der Waals surface area contributed by atoms with Gasteiger partial charge in [0.1, 0.15) is 0 Å². The minimum Gasteiger partial charge on any atom is -0.342 e. The third kappa shape index (κ3) is 4.25. The molecular formula is C25H25N3O3S2. The van der Waals surface area contributed by atoms with E-state index in [1.54, 1.807) is 30.3 Å². The molecule has 4 aromatic rings. The van der Waals surface area contributed by atoms with Gasteiger partial charge in [-0.25, -0.2) is 17.4 Å². The van der Waals surface area contributed by atoms with E-state index in [-0.39, 0.29) is 16.6 Å². The molecule has 6 nitrogen and oxygen atoms in total. The summed E-state index contributed by atoms with van der Waals surface area (Å²) >= 11 is 1.18. The standard InChI is InChI=1S/C25H25N3O3S2/c1-18-12-14-27(15-13-18)24(29)17-32-25-26-22-8-4-5-9-23(22)28(25)33(30,31)21-11-10-19-6-2-3-7-20(19)16-21/h2-11,16,18H,12-15,17H2,1H3. The molecule has 33 heavy (non-hydrogen) atoms. The van der Waals surface area contributed by atoms with Crippen molar-refractivity contribution in [3.05, 3.63) is 66.7 Å². The number of para-hydroxylation sites is 2. The third-order valence-electron chi connectivity index (χ3n) is 6.21. The first-order valence-corrected chi connectivity index (χ1v) is 13.5. The number of likely N-dealkylation sites (tertiary alicyclic amines) is 1. The SMILES string of the molecule is CC1CCN(C(=O)CSc2nc3ccccc3n2S(=O)(=O)c2ccc3ccccc3c2)CC1. The van der Waals surface area contributed by atoms with Crippen molar-refractivity contribution >= 4 is 49.5 Å². The Balaban J connectivity index is 1.50. The Bertz CT molecular complexity index is 1440. The predicted octanol–water partition coefficient (Wildman–Crippen LogP) is 4.78. The van der Waals surface area contributed by atoms with E-state index in [0.29, 0.717) is 22.1 Å². The van der Waals surface area contributed by atoms with E-state index in [1.165, 1.54) is 15.7 Å². The van der Waals surface area contributed by atoms with Crippen LogP contribution < -0.4 is 0 Å². The lowest BCUT2D eigenvalue weighted by atomic mass is 9.99. The minimum atomic E-state index is -3.92. The van der Waals surface area contributed by atoms with Crippen molar-refractivity contribution in [1.82, 2.24) is 13.9 Å². The van der Waals surface area contributed by atoms with Gasteiger partial charge in [0.25, 0.3) is 10.0 Å². The molecule has 5 rings (SSSR count). The highest BCUT2D eigenvalue weighted by atomic mass is 32.2. The summed E-state index contributed by atoms with van der Waals surface area (Å²) in [6.07, 6.45) is 2.01. The number of fused-ring (bicyclic) bond motifs is 2. The fourth-order valence-corrected chi connectivity index (χ4v) is 6.87. The van der Waals surface area contributed by atoms with Crippen molar-refractivity contribution in [3.63, 3.8) is 0 Å². The first-order chi connectivity index (χ1) is 15.9. The molecule has 0 bridgehead atoms. The quantitative estimate of drug-likeness (QED) is 0.385. The Hall–Kier alpha value is -2.84. The maximum absolute atomic E-state index is 13.8. The first kappa shape index (κ1) is 22.0.